The molecule has 1 fully saturated rings. The number of aryl methyl sites for hydroxylation is 1. The zero-order valence-corrected chi connectivity index (χ0v) is 17.4. The standard InChI is InChI=1S/C19H27N5.HI/c1-3-20-18(21-11-12-24-14-16(2)13-23-24)22-15-19(9-10-19)17-7-5-4-6-8-17;/h4-8,13-14H,3,9-12,15H2,1-2H3,(H2,20,21,22);1H. The highest BCUT2D eigenvalue weighted by Crippen LogP contribution is 2.48. The van der Waals surface area contributed by atoms with Gasteiger partial charge < -0.3 is 10.6 Å². The van der Waals surface area contributed by atoms with Crippen LogP contribution in [0.15, 0.2) is 47.7 Å². The fourth-order valence-electron chi connectivity index (χ4n) is 2.93. The monoisotopic (exact) mass is 453 g/mol. The van der Waals surface area contributed by atoms with Gasteiger partial charge in [-0.2, -0.15) is 5.10 Å². The molecule has 1 aliphatic carbocycles. The molecule has 25 heavy (non-hydrogen) atoms. The molecule has 0 bridgehead atoms. The van der Waals surface area contributed by atoms with Gasteiger partial charge in [0.15, 0.2) is 5.96 Å². The minimum absolute atomic E-state index is 0. The number of halogens is 1. The van der Waals surface area contributed by atoms with Crippen molar-refractivity contribution in [1.82, 2.24) is 20.4 Å². The van der Waals surface area contributed by atoms with Crippen LogP contribution in [0.5, 0.6) is 0 Å². The van der Waals surface area contributed by atoms with Crippen molar-refractivity contribution in [2.75, 3.05) is 19.6 Å². The highest BCUT2D eigenvalue weighted by atomic mass is 127. The topological polar surface area (TPSA) is 54.2 Å². The molecule has 0 amide bonds. The van der Waals surface area contributed by atoms with Gasteiger partial charge in [-0.1, -0.05) is 30.3 Å². The largest absolute Gasteiger partial charge is 0.357 e. The second-order valence-electron chi connectivity index (χ2n) is 6.55. The molecule has 0 atom stereocenters. The lowest BCUT2D eigenvalue weighted by molar-refractivity contribution is 0.596. The molecule has 2 N–H and O–H groups in total. The molecule has 1 saturated carbocycles. The Morgan fingerprint density at radius 1 is 1.24 bits per heavy atom. The highest BCUT2D eigenvalue weighted by molar-refractivity contribution is 14.0. The Bertz CT molecular complexity index is 676. The van der Waals surface area contributed by atoms with E-state index >= 15 is 0 Å². The van der Waals surface area contributed by atoms with Crippen molar-refractivity contribution in [1.29, 1.82) is 0 Å². The van der Waals surface area contributed by atoms with Gasteiger partial charge in [0.1, 0.15) is 0 Å². The second-order valence-corrected chi connectivity index (χ2v) is 6.55. The number of hydrogen-bond acceptors (Lipinski definition) is 2. The van der Waals surface area contributed by atoms with Gasteiger partial charge in [0.25, 0.3) is 0 Å². The van der Waals surface area contributed by atoms with Crippen LogP contribution in [-0.4, -0.2) is 35.4 Å². The normalized spacial score (nSPS) is 15.4. The van der Waals surface area contributed by atoms with E-state index in [4.69, 9.17) is 4.99 Å². The van der Waals surface area contributed by atoms with Crippen molar-refractivity contribution in [3.05, 3.63) is 53.9 Å². The first-order chi connectivity index (χ1) is 11.7. The molecule has 0 radical (unpaired) electrons. The molecule has 1 heterocycles. The Hall–Kier alpha value is -1.57. The van der Waals surface area contributed by atoms with Crippen LogP contribution in [0.1, 0.15) is 30.9 Å². The van der Waals surface area contributed by atoms with Crippen LogP contribution in [0, 0.1) is 6.92 Å². The molecule has 3 rings (SSSR count). The lowest BCUT2D eigenvalue weighted by Gasteiger charge is -2.16. The van der Waals surface area contributed by atoms with Gasteiger partial charge in [-0.3, -0.25) is 9.67 Å². The lowest BCUT2D eigenvalue weighted by atomic mass is 9.96. The molecule has 2 aromatic rings. The number of nitrogens with one attached hydrogen (secondary N) is 2. The van der Waals surface area contributed by atoms with Gasteiger partial charge in [0.2, 0.25) is 0 Å². The summed E-state index contributed by atoms with van der Waals surface area (Å²) >= 11 is 0. The molecule has 0 saturated heterocycles. The van der Waals surface area contributed by atoms with Crippen LogP contribution in [0.2, 0.25) is 0 Å². The average Bonchev–Trinajstić information content (AvgIpc) is 3.29. The fraction of sp³-hybridized carbons (Fsp3) is 0.474. The van der Waals surface area contributed by atoms with E-state index in [0.29, 0.717) is 0 Å². The maximum Gasteiger partial charge on any atom is 0.191 e. The van der Waals surface area contributed by atoms with E-state index in [1.54, 1.807) is 0 Å². The van der Waals surface area contributed by atoms with Crippen molar-refractivity contribution in [3.8, 4) is 0 Å². The molecule has 1 aliphatic rings. The SMILES string of the molecule is CCNC(=NCC1(c2ccccc2)CC1)NCCn1cc(C)cn1.I. The predicted molar refractivity (Wildman–Crippen MR) is 114 cm³/mol. The van der Waals surface area contributed by atoms with Crippen LogP contribution in [0.4, 0.5) is 0 Å². The summed E-state index contributed by atoms with van der Waals surface area (Å²) in [5.74, 6) is 0.892. The molecule has 6 heteroatoms. The second kappa shape index (κ2) is 9.22. The lowest BCUT2D eigenvalue weighted by Crippen LogP contribution is -2.39. The minimum Gasteiger partial charge on any atom is -0.357 e. The molecule has 136 valence electrons. The first kappa shape index (κ1) is 19.8. The van der Waals surface area contributed by atoms with Gasteiger partial charge in [-0.05, 0) is 37.8 Å². The Labute approximate surface area is 167 Å². The number of rotatable bonds is 7. The molecule has 0 spiro atoms. The van der Waals surface area contributed by atoms with Crippen LogP contribution in [0.25, 0.3) is 0 Å². The summed E-state index contributed by atoms with van der Waals surface area (Å²) in [4.78, 5) is 4.83. The first-order valence-electron chi connectivity index (χ1n) is 8.79. The Balaban J connectivity index is 0.00000225. The van der Waals surface area contributed by atoms with Crippen LogP contribution in [-0.2, 0) is 12.0 Å². The van der Waals surface area contributed by atoms with E-state index in [1.165, 1.54) is 24.0 Å². The minimum atomic E-state index is 0. The molecule has 0 aliphatic heterocycles. The number of aliphatic imine (C=N–C) groups is 1. The summed E-state index contributed by atoms with van der Waals surface area (Å²) in [5.41, 5.74) is 2.86. The summed E-state index contributed by atoms with van der Waals surface area (Å²) in [5, 5.41) is 11.1. The molecular formula is C19H28IN5. The van der Waals surface area contributed by atoms with Crippen molar-refractivity contribution in [2.45, 2.75) is 38.6 Å². The molecule has 1 aromatic heterocycles. The average molecular weight is 453 g/mol. The quantitative estimate of drug-likeness (QED) is 0.385. The van der Waals surface area contributed by atoms with Gasteiger partial charge >= 0.3 is 0 Å². The Kier molecular flexibility index (Phi) is 7.28. The van der Waals surface area contributed by atoms with Gasteiger partial charge in [0.05, 0.1) is 19.3 Å². The summed E-state index contributed by atoms with van der Waals surface area (Å²) in [6.07, 6.45) is 6.40. The van der Waals surface area contributed by atoms with Gasteiger partial charge in [0, 0.05) is 24.7 Å². The number of aromatic nitrogens is 2. The summed E-state index contributed by atoms with van der Waals surface area (Å²) in [7, 11) is 0. The number of guanidine groups is 1. The van der Waals surface area contributed by atoms with Crippen LogP contribution in [0.3, 0.4) is 0 Å². The summed E-state index contributed by atoms with van der Waals surface area (Å²) < 4.78 is 1.96. The van der Waals surface area contributed by atoms with Crippen molar-refractivity contribution >= 4 is 29.9 Å². The summed E-state index contributed by atoms with van der Waals surface area (Å²) in [6.45, 7) is 7.50. The predicted octanol–water partition coefficient (Wildman–Crippen LogP) is 3.10. The number of benzene rings is 1. The van der Waals surface area contributed by atoms with E-state index in [9.17, 15) is 0 Å². The van der Waals surface area contributed by atoms with Crippen molar-refractivity contribution in [3.63, 3.8) is 0 Å². The van der Waals surface area contributed by atoms with Crippen LogP contribution >= 0.6 is 24.0 Å². The smallest absolute Gasteiger partial charge is 0.191 e. The van der Waals surface area contributed by atoms with Crippen molar-refractivity contribution in [2.24, 2.45) is 4.99 Å². The zero-order chi connectivity index (χ0) is 16.8. The third-order valence-electron chi connectivity index (χ3n) is 4.52. The van der Waals surface area contributed by atoms with E-state index < -0.39 is 0 Å². The maximum absolute atomic E-state index is 4.83. The van der Waals surface area contributed by atoms with E-state index in [0.717, 1.165) is 32.1 Å². The summed E-state index contributed by atoms with van der Waals surface area (Å²) in [6, 6.07) is 10.8. The van der Waals surface area contributed by atoms with Crippen molar-refractivity contribution < 1.29 is 0 Å². The highest BCUT2D eigenvalue weighted by Gasteiger charge is 2.43. The van der Waals surface area contributed by atoms with E-state index in [-0.39, 0.29) is 29.4 Å². The van der Waals surface area contributed by atoms with E-state index in [2.05, 4.69) is 66.1 Å². The Morgan fingerprint density at radius 2 is 2.00 bits per heavy atom. The van der Waals surface area contributed by atoms with Crippen LogP contribution < -0.4 is 10.6 Å². The molecule has 0 unspecified atom stereocenters. The first-order valence-corrected chi connectivity index (χ1v) is 8.79. The maximum atomic E-state index is 4.83. The fourth-order valence-corrected chi connectivity index (χ4v) is 2.93. The molecule has 1 aromatic carbocycles. The van der Waals surface area contributed by atoms with E-state index in [1.807, 2.05) is 10.9 Å². The third kappa shape index (κ3) is 5.45. The molecule has 5 nitrogen and oxygen atoms in total. The van der Waals surface area contributed by atoms with Gasteiger partial charge in [-0.25, -0.2) is 0 Å². The third-order valence-corrected chi connectivity index (χ3v) is 4.52. The van der Waals surface area contributed by atoms with Gasteiger partial charge in [-0.15, -0.1) is 24.0 Å². The Morgan fingerprint density at radius 3 is 2.60 bits per heavy atom. The molecular weight excluding hydrogens is 425 g/mol. The number of nitrogens with zero attached hydrogens (tertiary/aromatic N) is 3. The zero-order valence-electron chi connectivity index (χ0n) is 15.0. The number of hydrogen-bond donors (Lipinski definition) is 2.